The zero-order chi connectivity index (χ0) is 11.7. The van der Waals surface area contributed by atoms with E-state index in [1.54, 1.807) is 14.0 Å². The minimum Gasteiger partial charge on any atom is -0.383 e. The number of hydrogen-bond donors (Lipinski definition) is 2. The molecule has 1 atom stereocenters. The van der Waals surface area contributed by atoms with Crippen LogP contribution in [-0.4, -0.2) is 56.7 Å². The Labute approximate surface area is 91.9 Å². The first-order valence-electron chi connectivity index (χ1n) is 5.36. The Bertz CT molecular complexity index is 174. The van der Waals surface area contributed by atoms with Gasteiger partial charge in [0.05, 0.1) is 12.6 Å². The molecule has 90 valence electrons. The Hall–Kier alpha value is -0.650. The average molecular weight is 217 g/mol. The molecule has 3 N–H and O–H groups in total. The first-order valence-corrected chi connectivity index (χ1v) is 5.36. The minimum atomic E-state index is -0.431. The average Bonchev–Trinajstić information content (AvgIpc) is 2.22. The lowest BCUT2D eigenvalue weighted by Gasteiger charge is -2.20. The van der Waals surface area contributed by atoms with Crippen LogP contribution in [0.15, 0.2) is 0 Å². The standard InChI is InChI=1S/C10H23N3O2/c1-4-13(7-8-15-3)6-5-12-10(14)9(2)11/h9H,4-8,11H2,1-3H3,(H,12,14). The number of nitrogens with one attached hydrogen (secondary N) is 1. The molecule has 0 spiro atoms. The van der Waals surface area contributed by atoms with Crippen molar-refractivity contribution in [2.24, 2.45) is 5.73 Å². The molecule has 0 rings (SSSR count). The van der Waals surface area contributed by atoms with Gasteiger partial charge in [-0.15, -0.1) is 0 Å². The third-order valence-corrected chi connectivity index (χ3v) is 2.20. The summed E-state index contributed by atoms with van der Waals surface area (Å²) < 4.78 is 4.99. The van der Waals surface area contributed by atoms with Crippen LogP contribution in [0.3, 0.4) is 0 Å². The number of methoxy groups -OCH3 is 1. The van der Waals surface area contributed by atoms with Gasteiger partial charge in [-0.25, -0.2) is 0 Å². The highest BCUT2D eigenvalue weighted by Crippen LogP contribution is 1.86. The topological polar surface area (TPSA) is 67.6 Å². The molecule has 0 radical (unpaired) electrons. The van der Waals surface area contributed by atoms with Crippen molar-refractivity contribution in [2.75, 3.05) is 39.9 Å². The van der Waals surface area contributed by atoms with Crippen LogP contribution >= 0.6 is 0 Å². The van der Waals surface area contributed by atoms with E-state index in [9.17, 15) is 4.79 Å². The molecule has 0 aliphatic heterocycles. The van der Waals surface area contributed by atoms with Crippen LogP contribution in [0.5, 0.6) is 0 Å². The van der Waals surface area contributed by atoms with Gasteiger partial charge >= 0.3 is 0 Å². The molecule has 1 amide bonds. The molecule has 0 heterocycles. The van der Waals surface area contributed by atoms with Gasteiger partial charge < -0.3 is 15.8 Å². The molecule has 0 aromatic rings. The predicted octanol–water partition coefficient (Wildman–Crippen LogP) is -0.582. The van der Waals surface area contributed by atoms with E-state index in [1.165, 1.54) is 0 Å². The Kier molecular flexibility index (Phi) is 8.27. The summed E-state index contributed by atoms with van der Waals surface area (Å²) >= 11 is 0. The molecule has 15 heavy (non-hydrogen) atoms. The lowest BCUT2D eigenvalue weighted by Crippen LogP contribution is -2.42. The first kappa shape index (κ1) is 14.3. The van der Waals surface area contributed by atoms with E-state index in [2.05, 4.69) is 17.1 Å². The number of hydrogen-bond acceptors (Lipinski definition) is 4. The van der Waals surface area contributed by atoms with E-state index >= 15 is 0 Å². The Morgan fingerprint density at radius 3 is 2.67 bits per heavy atom. The van der Waals surface area contributed by atoms with Crippen LogP contribution in [0.1, 0.15) is 13.8 Å². The summed E-state index contributed by atoms with van der Waals surface area (Å²) in [6.45, 7) is 7.80. The third kappa shape index (κ3) is 7.30. The smallest absolute Gasteiger partial charge is 0.236 e. The highest BCUT2D eigenvalue weighted by atomic mass is 16.5. The maximum atomic E-state index is 11.1. The Morgan fingerprint density at radius 1 is 1.53 bits per heavy atom. The number of nitrogens with zero attached hydrogens (tertiary/aromatic N) is 1. The Balaban J connectivity index is 3.58. The van der Waals surface area contributed by atoms with Crippen LogP contribution in [0.2, 0.25) is 0 Å². The zero-order valence-electron chi connectivity index (χ0n) is 9.95. The molecular formula is C10H23N3O2. The van der Waals surface area contributed by atoms with Crippen molar-refractivity contribution in [2.45, 2.75) is 19.9 Å². The van der Waals surface area contributed by atoms with Gasteiger partial charge in [0.1, 0.15) is 0 Å². The van der Waals surface area contributed by atoms with E-state index in [-0.39, 0.29) is 5.91 Å². The molecule has 0 aromatic heterocycles. The zero-order valence-corrected chi connectivity index (χ0v) is 9.95. The van der Waals surface area contributed by atoms with Crippen molar-refractivity contribution in [3.05, 3.63) is 0 Å². The molecule has 5 heteroatoms. The fourth-order valence-corrected chi connectivity index (χ4v) is 1.15. The molecular weight excluding hydrogens is 194 g/mol. The van der Waals surface area contributed by atoms with Crippen molar-refractivity contribution in [3.63, 3.8) is 0 Å². The number of nitrogens with two attached hydrogens (primary N) is 1. The molecule has 0 aromatic carbocycles. The minimum absolute atomic E-state index is 0.0993. The SMILES string of the molecule is CCN(CCNC(=O)C(C)N)CCOC. The van der Waals surface area contributed by atoms with Gasteiger partial charge in [-0.05, 0) is 13.5 Å². The predicted molar refractivity (Wildman–Crippen MR) is 60.6 cm³/mol. The summed E-state index contributed by atoms with van der Waals surface area (Å²) in [5.74, 6) is -0.0993. The van der Waals surface area contributed by atoms with E-state index in [1.807, 2.05) is 0 Å². The van der Waals surface area contributed by atoms with Gasteiger partial charge in [-0.2, -0.15) is 0 Å². The monoisotopic (exact) mass is 217 g/mol. The van der Waals surface area contributed by atoms with Crippen molar-refractivity contribution in [1.82, 2.24) is 10.2 Å². The summed E-state index contributed by atoms with van der Waals surface area (Å²) in [4.78, 5) is 13.4. The van der Waals surface area contributed by atoms with E-state index in [0.717, 1.165) is 26.2 Å². The molecule has 0 aliphatic carbocycles. The number of ether oxygens (including phenoxy) is 1. The van der Waals surface area contributed by atoms with Gasteiger partial charge in [-0.1, -0.05) is 6.92 Å². The highest BCUT2D eigenvalue weighted by Gasteiger charge is 2.07. The second-order valence-electron chi connectivity index (χ2n) is 3.51. The van der Waals surface area contributed by atoms with Gasteiger partial charge in [0, 0.05) is 26.7 Å². The maximum absolute atomic E-state index is 11.1. The molecule has 0 bridgehead atoms. The first-order chi connectivity index (χ1) is 7.11. The number of rotatable bonds is 8. The van der Waals surface area contributed by atoms with Crippen LogP contribution in [0, 0.1) is 0 Å². The van der Waals surface area contributed by atoms with Crippen molar-refractivity contribution >= 4 is 5.91 Å². The number of amides is 1. The molecule has 0 aliphatic rings. The molecule has 0 saturated heterocycles. The van der Waals surface area contributed by atoms with Crippen molar-refractivity contribution < 1.29 is 9.53 Å². The molecule has 0 saturated carbocycles. The molecule has 0 fully saturated rings. The number of likely N-dealkylation sites (N-methyl/N-ethyl adjacent to an activating group) is 1. The number of carbonyl (C=O) groups excluding carboxylic acids is 1. The van der Waals surface area contributed by atoms with Gasteiger partial charge in [-0.3, -0.25) is 9.69 Å². The van der Waals surface area contributed by atoms with Crippen LogP contribution in [0.4, 0.5) is 0 Å². The van der Waals surface area contributed by atoms with Gasteiger partial charge in [0.2, 0.25) is 5.91 Å². The van der Waals surface area contributed by atoms with Crippen molar-refractivity contribution in [3.8, 4) is 0 Å². The molecule has 1 unspecified atom stereocenters. The summed E-state index contributed by atoms with van der Waals surface area (Å²) in [5.41, 5.74) is 5.42. The fraction of sp³-hybridized carbons (Fsp3) is 0.900. The normalized spacial score (nSPS) is 12.9. The second-order valence-corrected chi connectivity index (χ2v) is 3.51. The summed E-state index contributed by atoms with van der Waals surface area (Å²) in [7, 11) is 1.69. The summed E-state index contributed by atoms with van der Waals surface area (Å²) in [6, 6.07) is -0.431. The fourth-order valence-electron chi connectivity index (χ4n) is 1.15. The lowest BCUT2D eigenvalue weighted by atomic mass is 10.3. The number of carbonyl (C=O) groups is 1. The van der Waals surface area contributed by atoms with E-state index in [4.69, 9.17) is 10.5 Å². The quantitative estimate of drug-likeness (QED) is 0.571. The third-order valence-electron chi connectivity index (χ3n) is 2.20. The van der Waals surface area contributed by atoms with E-state index < -0.39 is 6.04 Å². The summed E-state index contributed by atoms with van der Waals surface area (Å²) in [5, 5.41) is 2.78. The highest BCUT2D eigenvalue weighted by molar-refractivity contribution is 5.80. The van der Waals surface area contributed by atoms with Crippen molar-refractivity contribution in [1.29, 1.82) is 0 Å². The summed E-state index contributed by atoms with van der Waals surface area (Å²) in [6.07, 6.45) is 0. The molecule has 5 nitrogen and oxygen atoms in total. The van der Waals surface area contributed by atoms with Gasteiger partial charge in [0.15, 0.2) is 0 Å². The van der Waals surface area contributed by atoms with Crippen LogP contribution < -0.4 is 11.1 Å². The van der Waals surface area contributed by atoms with Gasteiger partial charge in [0.25, 0.3) is 0 Å². The largest absolute Gasteiger partial charge is 0.383 e. The van der Waals surface area contributed by atoms with Crippen LogP contribution in [0.25, 0.3) is 0 Å². The van der Waals surface area contributed by atoms with Crippen LogP contribution in [-0.2, 0) is 9.53 Å². The second kappa shape index (κ2) is 8.64. The maximum Gasteiger partial charge on any atom is 0.236 e. The Morgan fingerprint density at radius 2 is 2.20 bits per heavy atom. The lowest BCUT2D eigenvalue weighted by molar-refractivity contribution is -0.122. The van der Waals surface area contributed by atoms with E-state index in [0.29, 0.717) is 6.54 Å².